The smallest absolute Gasteiger partial charge is 0.252 e. The van der Waals surface area contributed by atoms with Crippen molar-refractivity contribution >= 4 is 27.5 Å². The van der Waals surface area contributed by atoms with Crippen LogP contribution in [0.25, 0.3) is 0 Å². The van der Waals surface area contributed by atoms with Gasteiger partial charge in [-0.05, 0) is 25.0 Å². The summed E-state index contributed by atoms with van der Waals surface area (Å²) in [5.41, 5.74) is 0.189. The molecule has 0 bridgehead atoms. The molecule has 1 amide bonds. The molecule has 2 heterocycles. The second kappa shape index (κ2) is 7.98. The fourth-order valence-electron chi connectivity index (χ4n) is 3.35. The van der Waals surface area contributed by atoms with Gasteiger partial charge in [-0.15, -0.1) is 0 Å². The van der Waals surface area contributed by atoms with Crippen LogP contribution in [-0.4, -0.2) is 62.5 Å². The van der Waals surface area contributed by atoms with Gasteiger partial charge < -0.3 is 9.64 Å². The van der Waals surface area contributed by atoms with Gasteiger partial charge in [-0.2, -0.15) is 0 Å². The first-order valence-electron chi connectivity index (χ1n) is 8.72. The van der Waals surface area contributed by atoms with E-state index < -0.39 is 46.1 Å². The topological polar surface area (TPSA) is 75.7 Å². The summed E-state index contributed by atoms with van der Waals surface area (Å²) in [4.78, 5) is 13.9. The number of carbonyl (C=O) groups excluding carboxylic acids is 1. The largest absolute Gasteiger partial charge is 0.368 e. The van der Waals surface area contributed by atoms with Crippen LogP contribution in [0.3, 0.4) is 0 Å². The molecule has 0 spiro atoms. The van der Waals surface area contributed by atoms with Crippen molar-refractivity contribution in [1.29, 1.82) is 0 Å². The molecule has 150 valence electrons. The molecule has 1 unspecified atom stereocenters. The summed E-state index contributed by atoms with van der Waals surface area (Å²) in [7, 11) is -3.72. The lowest BCUT2D eigenvalue weighted by Crippen LogP contribution is -2.53. The zero-order valence-corrected chi connectivity index (χ0v) is 16.3. The molecule has 2 saturated heterocycles. The third-order valence-corrected chi connectivity index (χ3v) is 6.67. The number of nitrogens with zero attached hydrogens (tertiary/aromatic N) is 1. The second-order valence-corrected chi connectivity index (χ2v) is 9.14. The van der Waals surface area contributed by atoms with Crippen molar-refractivity contribution in [3.63, 3.8) is 0 Å². The lowest BCUT2D eigenvalue weighted by atomic mass is 9.99. The summed E-state index contributed by atoms with van der Waals surface area (Å²) in [5.74, 6) is -1.30. The van der Waals surface area contributed by atoms with E-state index >= 15 is 0 Å². The van der Waals surface area contributed by atoms with Crippen LogP contribution in [-0.2, 0) is 26.0 Å². The normalized spacial score (nSPS) is 28.2. The Hall–Kier alpha value is -1.29. The molecule has 0 aromatic heterocycles. The highest BCUT2D eigenvalue weighted by atomic mass is 35.5. The van der Waals surface area contributed by atoms with E-state index in [-0.39, 0.29) is 29.3 Å². The van der Waals surface area contributed by atoms with Gasteiger partial charge in [0.15, 0.2) is 0 Å². The summed E-state index contributed by atoms with van der Waals surface area (Å²) in [6.45, 7) is 1.60. The van der Waals surface area contributed by atoms with Crippen molar-refractivity contribution in [2.45, 2.75) is 44.1 Å². The lowest BCUT2D eigenvalue weighted by Gasteiger charge is -2.34. The highest BCUT2D eigenvalue weighted by Gasteiger charge is 2.48. The number of rotatable bonds is 6. The van der Waals surface area contributed by atoms with Crippen LogP contribution in [0.5, 0.6) is 0 Å². The Morgan fingerprint density at radius 1 is 1.44 bits per heavy atom. The summed E-state index contributed by atoms with van der Waals surface area (Å²) >= 11 is 5.81. The molecule has 2 fully saturated rings. The van der Waals surface area contributed by atoms with Crippen molar-refractivity contribution in [3.05, 3.63) is 34.6 Å². The molecule has 1 aromatic rings. The van der Waals surface area contributed by atoms with Crippen LogP contribution in [0, 0.1) is 5.82 Å². The first-order valence-corrected chi connectivity index (χ1v) is 10.8. The predicted molar refractivity (Wildman–Crippen MR) is 96.3 cm³/mol. The van der Waals surface area contributed by atoms with Crippen LogP contribution in [0.15, 0.2) is 18.2 Å². The van der Waals surface area contributed by atoms with Crippen molar-refractivity contribution < 1.29 is 26.7 Å². The number of halogens is 3. The maximum absolute atomic E-state index is 14.7. The first-order chi connectivity index (χ1) is 12.7. The highest BCUT2D eigenvalue weighted by molar-refractivity contribution is 7.89. The summed E-state index contributed by atoms with van der Waals surface area (Å²) in [6, 6.07) is 2.37. The molecule has 27 heavy (non-hydrogen) atoms. The Morgan fingerprint density at radius 3 is 2.74 bits per heavy atom. The van der Waals surface area contributed by atoms with Gasteiger partial charge in [-0.25, -0.2) is 21.9 Å². The van der Waals surface area contributed by atoms with E-state index in [0.717, 1.165) is 0 Å². The van der Waals surface area contributed by atoms with E-state index in [0.29, 0.717) is 13.0 Å². The molecule has 0 radical (unpaired) electrons. The van der Waals surface area contributed by atoms with Crippen LogP contribution in [0.1, 0.15) is 18.9 Å². The number of alkyl halides is 1. The Labute approximate surface area is 161 Å². The summed E-state index contributed by atoms with van der Waals surface area (Å²) in [6.07, 6.45) is -1.81. The van der Waals surface area contributed by atoms with E-state index in [1.807, 2.05) is 0 Å². The SMILES string of the molecule is CCS(=O)(=O)N[C@H]1[C@@H](F)CN(C(=O)C2CCO2)[C@H]1Cc1cccc(Cl)c1F. The van der Waals surface area contributed by atoms with Gasteiger partial charge in [0.1, 0.15) is 18.1 Å². The molecule has 2 aliphatic rings. The van der Waals surface area contributed by atoms with E-state index in [4.69, 9.17) is 16.3 Å². The number of likely N-dealkylation sites (tertiary alicyclic amines) is 1. The average Bonchev–Trinajstić information content (AvgIpc) is 2.86. The molecular weight excluding hydrogens is 402 g/mol. The minimum atomic E-state index is -3.72. The predicted octanol–water partition coefficient (Wildman–Crippen LogP) is 1.67. The number of carbonyl (C=O) groups is 1. The van der Waals surface area contributed by atoms with E-state index in [1.54, 1.807) is 6.07 Å². The van der Waals surface area contributed by atoms with E-state index in [1.165, 1.54) is 24.0 Å². The quantitative estimate of drug-likeness (QED) is 0.756. The number of nitrogens with one attached hydrogen (secondary N) is 1. The maximum atomic E-state index is 14.7. The number of sulfonamides is 1. The van der Waals surface area contributed by atoms with Gasteiger partial charge in [-0.3, -0.25) is 4.79 Å². The van der Waals surface area contributed by atoms with Crippen LogP contribution in [0.4, 0.5) is 8.78 Å². The average molecular weight is 423 g/mol. The molecule has 6 nitrogen and oxygen atoms in total. The molecule has 0 aliphatic carbocycles. The Morgan fingerprint density at radius 2 is 2.15 bits per heavy atom. The summed E-state index contributed by atoms with van der Waals surface area (Å²) < 4.78 is 60.6. The van der Waals surface area contributed by atoms with Gasteiger partial charge >= 0.3 is 0 Å². The van der Waals surface area contributed by atoms with Crippen molar-refractivity contribution in [3.8, 4) is 0 Å². The zero-order chi connectivity index (χ0) is 19.8. The zero-order valence-electron chi connectivity index (χ0n) is 14.7. The van der Waals surface area contributed by atoms with Crippen molar-refractivity contribution in [2.24, 2.45) is 0 Å². The maximum Gasteiger partial charge on any atom is 0.252 e. The lowest BCUT2D eigenvalue weighted by molar-refractivity contribution is -0.157. The monoisotopic (exact) mass is 422 g/mol. The number of amides is 1. The Balaban J connectivity index is 1.91. The molecule has 2 aliphatic heterocycles. The molecule has 3 rings (SSSR count). The van der Waals surface area contributed by atoms with E-state index in [2.05, 4.69) is 4.72 Å². The van der Waals surface area contributed by atoms with Gasteiger partial charge in [0, 0.05) is 6.42 Å². The molecule has 0 saturated carbocycles. The van der Waals surface area contributed by atoms with Crippen LogP contribution in [0.2, 0.25) is 5.02 Å². The first kappa shape index (κ1) is 20.4. The molecule has 1 N–H and O–H groups in total. The van der Waals surface area contributed by atoms with Crippen LogP contribution < -0.4 is 4.72 Å². The van der Waals surface area contributed by atoms with E-state index in [9.17, 15) is 22.0 Å². The molecule has 4 atom stereocenters. The number of benzene rings is 1. The fraction of sp³-hybridized carbons (Fsp3) is 0.588. The molecular formula is C17H21ClF2N2O4S. The van der Waals surface area contributed by atoms with Gasteiger partial charge in [0.05, 0.1) is 36.0 Å². The van der Waals surface area contributed by atoms with Crippen molar-refractivity contribution in [1.82, 2.24) is 9.62 Å². The third kappa shape index (κ3) is 4.26. The second-order valence-electron chi connectivity index (χ2n) is 6.69. The number of hydrogen-bond donors (Lipinski definition) is 1. The fourth-order valence-corrected chi connectivity index (χ4v) is 4.43. The minimum absolute atomic E-state index is 0.0673. The van der Waals surface area contributed by atoms with Gasteiger partial charge in [-0.1, -0.05) is 23.7 Å². The Kier molecular flexibility index (Phi) is 6.05. The minimum Gasteiger partial charge on any atom is -0.368 e. The molecule has 1 aromatic carbocycles. The number of hydrogen-bond acceptors (Lipinski definition) is 4. The van der Waals surface area contributed by atoms with Gasteiger partial charge in [0.25, 0.3) is 5.91 Å². The van der Waals surface area contributed by atoms with Crippen molar-refractivity contribution in [2.75, 3.05) is 18.9 Å². The van der Waals surface area contributed by atoms with Gasteiger partial charge in [0.2, 0.25) is 10.0 Å². The number of ether oxygens (including phenoxy) is 1. The highest BCUT2D eigenvalue weighted by Crippen LogP contribution is 2.30. The standard InChI is InChI=1S/C17H21ClF2N2O4S/c1-2-27(24,25)21-16-12(19)9-22(17(23)14-6-7-26-14)13(16)8-10-4-3-5-11(18)15(10)20/h3-5,12-14,16,21H,2,6-9H2,1H3/t12-,13-,14?,16-/m0/s1. The molecule has 10 heteroatoms. The Bertz CT molecular complexity index is 819. The summed E-state index contributed by atoms with van der Waals surface area (Å²) in [5, 5.41) is -0.0896. The van der Waals surface area contributed by atoms with Crippen LogP contribution >= 0.6 is 11.6 Å². The third-order valence-electron chi connectivity index (χ3n) is 4.99.